The van der Waals surface area contributed by atoms with Crippen molar-refractivity contribution in [2.75, 3.05) is 25.5 Å². The van der Waals surface area contributed by atoms with Crippen molar-refractivity contribution in [2.24, 2.45) is 0 Å². The van der Waals surface area contributed by atoms with Crippen LogP contribution in [0.3, 0.4) is 0 Å². The third-order valence-corrected chi connectivity index (χ3v) is 2.90. The molecule has 0 aliphatic rings. The lowest BCUT2D eigenvalue weighted by Crippen LogP contribution is -2.29. The minimum Gasteiger partial charge on any atom is -0.496 e. The fourth-order valence-electron chi connectivity index (χ4n) is 1.69. The van der Waals surface area contributed by atoms with Crippen LogP contribution < -0.4 is 15.4 Å². The summed E-state index contributed by atoms with van der Waals surface area (Å²) in [6.07, 6.45) is 3.29. The number of amides is 1. The number of carbonyl (C=O) groups excluding carboxylic acids is 1. The van der Waals surface area contributed by atoms with Crippen molar-refractivity contribution in [2.45, 2.75) is 0 Å². The van der Waals surface area contributed by atoms with E-state index in [2.05, 4.69) is 20.6 Å². The van der Waals surface area contributed by atoms with Crippen molar-refractivity contribution in [3.05, 3.63) is 47.2 Å². The molecule has 21 heavy (non-hydrogen) atoms. The molecule has 7 heteroatoms. The van der Waals surface area contributed by atoms with Crippen LogP contribution in [0.15, 0.2) is 36.7 Å². The monoisotopic (exact) mass is 306 g/mol. The Morgan fingerprint density at radius 1 is 1.29 bits per heavy atom. The quantitative estimate of drug-likeness (QED) is 0.798. The highest BCUT2D eigenvalue weighted by Gasteiger charge is 2.12. The van der Waals surface area contributed by atoms with Crippen molar-refractivity contribution >= 4 is 23.5 Å². The van der Waals surface area contributed by atoms with Gasteiger partial charge in [0, 0.05) is 30.5 Å². The van der Waals surface area contributed by atoms with E-state index < -0.39 is 0 Å². The number of methoxy groups -OCH3 is 1. The highest BCUT2D eigenvalue weighted by Crippen LogP contribution is 2.22. The Hall–Kier alpha value is -2.34. The van der Waals surface area contributed by atoms with E-state index in [1.165, 1.54) is 7.11 Å². The van der Waals surface area contributed by atoms with Gasteiger partial charge in [-0.1, -0.05) is 11.6 Å². The van der Waals surface area contributed by atoms with Crippen LogP contribution in [0.25, 0.3) is 0 Å². The molecule has 0 bridgehead atoms. The second-order valence-electron chi connectivity index (χ2n) is 4.10. The maximum atomic E-state index is 12.1. The van der Waals surface area contributed by atoms with E-state index >= 15 is 0 Å². The predicted molar refractivity (Wildman–Crippen MR) is 80.9 cm³/mol. The Labute approximate surface area is 127 Å². The molecule has 0 aliphatic carbocycles. The minimum atomic E-state index is -0.245. The standard InChI is InChI=1S/C14H15ClN4O2/c1-21-12-4-3-10(15)9-11(12)13(20)16-7-8-19-14-17-5-2-6-18-14/h2-6,9H,7-8H2,1H3,(H,16,20)(H,17,18,19). The first-order chi connectivity index (χ1) is 10.2. The summed E-state index contributed by atoms with van der Waals surface area (Å²) in [5.74, 6) is 0.758. The first-order valence-corrected chi connectivity index (χ1v) is 6.71. The highest BCUT2D eigenvalue weighted by atomic mass is 35.5. The van der Waals surface area contributed by atoms with Crippen LogP contribution in [-0.4, -0.2) is 36.1 Å². The molecule has 6 nitrogen and oxygen atoms in total. The second kappa shape index (κ2) is 7.44. The summed E-state index contributed by atoms with van der Waals surface area (Å²) in [4.78, 5) is 20.1. The average Bonchev–Trinajstić information content (AvgIpc) is 2.52. The molecular weight excluding hydrogens is 292 g/mol. The van der Waals surface area contributed by atoms with E-state index in [1.807, 2.05) is 0 Å². The summed E-state index contributed by atoms with van der Waals surface area (Å²) in [6, 6.07) is 6.64. The number of ether oxygens (including phenoxy) is 1. The Morgan fingerprint density at radius 3 is 2.76 bits per heavy atom. The number of hydrogen-bond acceptors (Lipinski definition) is 5. The number of hydrogen-bond donors (Lipinski definition) is 2. The molecule has 0 spiro atoms. The molecule has 0 aliphatic heterocycles. The largest absolute Gasteiger partial charge is 0.496 e. The number of rotatable bonds is 6. The smallest absolute Gasteiger partial charge is 0.255 e. The van der Waals surface area contributed by atoms with Gasteiger partial charge < -0.3 is 15.4 Å². The summed E-state index contributed by atoms with van der Waals surface area (Å²) < 4.78 is 5.14. The Balaban J connectivity index is 1.86. The number of halogens is 1. The van der Waals surface area contributed by atoms with Crippen molar-refractivity contribution in [1.82, 2.24) is 15.3 Å². The molecule has 0 saturated heterocycles. The van der Waals surface area contributed by atoms with Crippen molar-refractivity contribution in [3.8, 4) is 5.75 Å². The van der Waals surface area contributed by atoms with Gasteiger partial charge >= 0.3 is 0 Å². The molecule has 0 saturated carbocycles. The maximum Gasteiger partial charge on any atom is 0.255 e. The van der Waals surface area contributed by atoms with Gasteiger partial charge in [0.25, 0.3) is 5.91 Å². The summed E-state index contributed by atoms with van der Waals surface area (Å²) in [6.45, 7) is 0.936. The zero-order chi connectivity index (χ0) is 15.1. The number of carbonyl (C=O) groups is 1. The fraction of sp³-hybridized carbons (Fsp3) is 0.214. The Morgan fingerprint density at radius 2 is 2.05 bits per heavy atom. The topological polar surface area (TPSA) is 76.1 Å². The molecule has 1 aromatic heterocycles. The molecule has 1 amide bonds. The first-order valence-electron chi connectivity index (χ1n) is 6.33. The third kappa shape index (κ3) is 4.32. The minimum absolute atomic E-state index is 0.245. The van der Waals surface area contributed by atoms with Gasteiger partial charge in [0.1, 0.15) is 5.75 Å². The highest BCUT2D eigenvalue weighted by molar-refractivity contribution is 6.31. The van der Waals surface area contributed by atoms with E-state index in [-0.39, 0.29) is 5.91 Å². The summed E-state index contributed by atoms with van der Waals surface area (Å²) in [5.41, 5.74) is 0.404. The van der Waals surface area contributed by atoms with E-state index in [0.717, 1.165) is 0 Å². The number of benzene rings is 1. The number of aromatic nitrogens is 2. The van der Waals surface area contributed by atoms with Gasteiger partial charge in [-0.05, 0) is 24.3 Å². The van der Waals surface area contributed by atoms with Gasteiger partial charge in [0.2, 0.25) is 5.95 Å². The van der Waals surface area contributed by atoms with Crippen LogP contribution >= 0.6 is 11.6 Å². The van der Waals surface area contributed by atoms with Gasteiger partial charge in [0.15, 0.2) is 0 Å². The zero-order valence-electron chi connectivity index (χ0n) is 11.5. The van der Waals surface area contributed by atoms with Crippen molar-refractivity contribution < 1.29 is 9.53 Å². The van der Waals surface area contributed by atoms with Gasteiger partial charge in [-0.2, -0.15) is 0 Å². The van der Waals surface area contributed by atoms with Crippen molar-refractivity contribution in [1.29, 1.82) is 0 Å². The van der Waals surface area contributed by atoms with Gasteiger partial charge in [-0.3, -0.25) is 4.79 Å². The lowest BCUT2D eigenvalue weighted by Gasteiger charge is -2.10. The SMILES string of the molecule is COc1ccc(Cl)cc1C(=O)NCCNc1ncccn1. The lowest BCUT2D eigenvalue weighted by atomic mass is 10.2. The molecular formula is C14H15ClN4O2. The normalized spacial score (nSPS) is 10.0. The van der Waals surface area contributed by atoms with Gasteiger partial charge in [-0.15, -0.1) is 0 Å². The maximum absolute atomic E-state index is 12.1. The number of nitrogens with zero attached hydrogens (tertiary/aromatic N) is 2. The van der Waals surface area contributed by atoms with Crippen molar-refractivity contribution in [3.63, 3.8) is 0 Å². The fourth-order valence-corrected chi connectivity index (χ4v) is 1.87. The molecule has 2 rings (SSSR count). The number of nitrogens with one attached hydrogen (secondary N) is 2. The van der Waals surface area contributed by atoms with Gasteiger partial charge in [0.05, 0.1) is 12.7 Å². The molecule has 0 radical (unpaired) electrons. The second-order valence-corrected chi connectivity index (χ2v) is 4.54. The molecule has 2 aromatic rings. The van der Waals surface area contributed by atoms with Crippen LogP contribution in [-0.2, 0) is 0 Å². The Kier molecular flexibility index (Phi) is 5.34. The molecule has 110 valence electrons. The van der Waals surface area contributed by atoms with Crippen LogP contribution in [0, 0.1) is 0 Å². The average molecular weight is 307 g/mol. The van der Waals surface area contributed by atoms with E-state index in [0.29, 0.717) is 35.4 Å². The lowest BCUT2D eigenvalue weighted by molar-refractivity contribution is 0.0952. The van der Waals surface area contributed by atoms with E-state index in [1.54, 1.807) is 36.7 Å². The first kappa shape index (κ1) is 15.1. The van der Waals surface area contributed by atoms with Crippen LogP contribution in [0.2, 0.25) is 5.02 Å². The summed E-state index contributed by atoms with van der Waals surface area (Å²) in [7, 11) is 1.51. The predicted octanol–water partition coefficient (Wildman–Crippen LogP) is 1.98. The summed E-state index contributed by atoms with van der Waals surface area (Å²) in [5, 5.41) is 6.26. The molecule has 0 fully saturated rings. The number of anilines is 1. The van der Waals surface area contributed by atoms with Crippen LogP contribution in [0.1, 0.15) is 10.4 Å². The Bertz CT molecular complexity index is 607. The van der Waals surface area contributed by atoms with Crippen LogP contribution in [0.5, 0.6) is 5.75 Å². The molecule has 1 heterocycles. The molecule has 0 unspecified atom stereocenters. The van der Waals surface area contributed by atoms with E-state index in [9.17, 15) is 4.79 Å². The van der Waals surface area contributed by atoms with Gasteiger partial charge in [-0.25, -0.2) is 9.97 Å². The molecule has 1 aromatic carbocycles. The zero-order valence-corrected chi connectivity index (χ0v) is 12.2. The third-order valence-electron chi connectivity index (χ3n) is 2.67. The molecule has 2 N–H and O–H groups in total. The van der Waals surface area contributed by atoms with E-state index in [4.69, 9.17) is 16.3 Å². The molecule has 0 atom stereocenters. The van der Waals surface area contributed by atoms with Crippen LogP contribution in [0.4, 0.5) is 5.95 Å². The summed E-state index contributed by atoms with van der Waals surface area (Å²) >= 11 is 5.89.